The Balaban J connectivity index is 1.70. The molecule has 0 unspecified atom stereocenters. The maximum absolute atomic E-state index is 13.4. The van der Waals surface area contributed by atoms with Gasteiger partial charge in [-0.2, -0.15) is 9.78 Å². The van der Waals surface area contributed by atoms with E-state index in [9.17, 15) is 9.59 Å². The molecule has 4 aromatic rings. The van der Waals surface area contributed by atoms with Crippen molar-refractivity contribution in [2.45, 2.75) is 30.6 Å². The van der Waals surface area contributed by atoms with E-state index in [-0.39, 0.29) is 11.7 Å². The molecular weight excluding hydrogens is 404 g/mol. The van der Waals surface area contributed by atoms with Crippen molar-refractivity contribution in [2.75, 3.05) is 0 Å². The van der Waals surface area contributed by atoms with Crippen molar-refractivity contribution < 1.29 is 9.59 Å². The van der Waals surface area contributed by atoms with E-state index in [4.69, 9.17) is 0 Å². The standard InChI is InChI=1S/C26H22N2O2S/c1-17-13-15-21(16-14-17)31-25-18(2)27-28(19(25)3)26(30)23-12-8-7-11-22(23)24(29)20-9-5-4-6-10-20/h4-16H,1-3H3. The molecule has 0 aliphatic rings. The molecule has 0 fully saturated rings. The van der Waals surface area contributed by atoms with Crippen LogP contribution < -0.4 is 0 Å². The number of ketones is 1. The van der Waals surface area contributed by atoms with Crippen LogP contribution >= 0.6 is 11.8 Å². The summed E-state index contributed by atoms with van der Waals surface area (Å²) in [6, 6.07) is 24.1. The smallest absolute Gasteiger partial charge is 0.279 e. The highest BCUT2D eigenvalue weighted by Crippen LogP contribution is 2.33. The van der Waals surface area contributed by atoms with Crippen molar-refractivity contribution in [2.24, 2.45) is 0 Å². The van der Waals surface area contributed by atoms with Gasteiger partial charge in [-0.1, -0.05) is 78.0 Å². The van der Waals surface area contributed by atoms with Crippen LogP contribution in [0.3, 0.4) is 0 Å². The minimum Gasteiger partial charge on any atom is -0.289 e. The summed E-state index contributed by atoms with van der Waals surface area (Å²) in [5.74, 6) is -0.489. The fourth-order valence-electron chi connectivity index (χ4n) is 3.42. The van der Waals surface area contributed by atoms with Gasteiger partial charge in [0.25, 0.3) is 5.91 Å². The molecule has 0 spiro atoms. The van der Waals surface area contributed by atoms with E-state index in [1.54, 1.807) is 48.2 Å². The van der Waals surface area contributed by atoms with Crippen LogP contribution in [0.5, 0.6) is 0 Å². The Morgan fingerprint density at radius 1 is 0.774 bits per heavy atom. The fourth-order valence-corrected chi connectivity index (χ4v) is 4.36. The molecule has 3 aromatic carbocycles. The van der Waals surface area contributed by atoms with Crippen LogP contribution in [0.2, 0.25) is 0 Å². The second kappa shape index (κ2) is 8.74. The largest absolute Gasteiger partial charge is 0.289 e. The van der Waals surface area contributed by atoms with Gasteiger partial charge in [0.15, 0.2) is 5.78 Å². The summed E-state index contributed by atoms with van der Waals surface area (Å²) < 4.78 is 1.41. The van der Waals surface area contributed by atoms with E-state index in [1.807, 2.05) is 32.0 Å². The molecule has 0 saturated heterocycles. The number of benzene rings is 3. The minimum atomic E-state index is -0.309. The number of carbonyl (C=O) groups excluding carboxylic acids is 2. The molecule has 0 aliphatic heterocycles. The Bertz CT molecular complexity index is 1260. The predicted octanol–water partition coefficient (Wildman–Crippen LogP) is 5.88. The van der Waals surface area contributed by atoms with Crippen LogP contribution in [0.15, 0.2) is 88.7 Å². The highest BCUT2D eigenvalue weighted by atomic mass is 32.2. The summed E-state index contributed by atoms with van der Waals surface area (Å²) >= 11 is 1.59. The van der Waals surface area contributed by atoms with Gasteiger partial charge < -0.3 is 0 Å². The molecule has 5 heteroatoms. The molecule has 0 bridgehead atoms. The van der Waals surface area contributed by atoms with Gasteiger partial charge in [-0.25, -0.2) is 0 Å². The fraction of sp³-hybridized carbons (Fsp3) is 0.115. The number of aromatic nitrogens is 2. The summed E-state index contributed by atoms with van der Waals surface area (Å²) in [4.78, 5) is 28.5. The average Bonchev–Trinajstić information content (AvgIpc) is 3.08. The number of nitrogens with zero attached hydrogens (tertiary/aromatic N) is 2. The highest BCUT2D eigenvalue weighted by Gasteiger charge is 2.23. The zero-order valence-corrected chi connectivity index (χ0v) is 18.4. The first kappa shape index (κ1) is 20.8. The summed E-state index contributed by atoms with van der Waals surface area (Å²) in [6.07, 6.45) is 0. The van der Waals surface area contributed by atoms with Gasteiger partial charge in [-0.3, -0.25) is 9.59 Å². The molecule has 4 rings (SSSR count). The molecule has 1 heterocycles. The van der Waals surface area contributed by atoms with Gasteiger partial charge in [0.2, 0.25) is 0 Å². The molecule has 0 radical (unpaired) electrons. The van der Waals surface area contributed by atoms with E-state index in [2.05, 4.69) is 36.3 Å². The molecule has 31 heavy (non-hydrogen) atoms. The van der Waals surface area contributed by atoms with Crippen molar-refractivity contribution in [3.05, 3.63) is 113 Å². The van der Waals surface area contributed by atoms with Crippen LogP contribution in [0.25, 0.3) is 0 Å². The number of hydrogen-bond acceptors (Lipinski definition) is 4. The predicted molar refractivity (Wildman–Crippen MR) is 123 cm³/mol. The molecule has 4 nitrogen and oxygen atoms in total. The third kappa shape index (κ3) is 4.23. The molecule has 154 valence electrons. The molecule has 1 aromatic heterocycles. The minimum absolute atomic E-state index is 0.180. The topological polar surface area (TPSA) is 52.0 Å². The van der Waals surface area contributed by atoms with E-state index in [0.29, 0.717) is 16.7 Å². The monoisotopic (exact) mass is 426 g/mol. The lowest BCUT2D eigenvalue weighted by Gasteiger charge is -2.09. The maximum atomic E-state index is 13.4. The lowest BCUT2D eigenvalue weighted by molar-refractivity contribution is 0.0931. The Kier molecular flexibility index (Phi) is 5.87. The zero-order chi connectivity index (χ0) is 22.0. The first-order chi connectivity index (χ1) is 15.0. The van der Waals surface area contributed by atoms with E-state index in [0.717, 1.165) is 21.2 Å². The number of hydrogen-bond donors (Lipinski definition) is 0. The van der Waals surface area contributed by atoms with E-state index < -0.39 is 0 Å². The molecule has 0 saturated carbocycles. The molecule has 0 atom stereocenters. The van der Waals surface area contributed by atoms with E-state index in [1.165, 1.54) is 10.2 Å². The Hall–Kier alpha value is -3.44. The van der Waals surface area contributed by atoms with Crippen molar-refractivity contribution in [1.29, 1.82) is 0 Å². The van der Waals surface area contributed by atoms with Gasteiger partial charge in [-0.15, -0.1) is 0 Å². The third-order valence-corrected chi connectivity index (χ3v) is 6.40. The highest BCUT2D eigenvalue weighted by molar-refractivity contribution is 7.99. The van der Waals surface area contributed by atoms with Gasteiger partial charge in [0.05, 0.1) is 21.8 Å². The average molecular weight is 427 g/mol. The Morgan fingerprint density at radius 3 is 2.06 bits per heavy atom. The summed E-state index contributed by atoms with van der Waals surface area (Å²) in [5.41, 5.74) is 4.00. The van der Waals surface area contributed by atoms with Gasteiger partial charge in [0, 0.05) is 16.0 Å². The second-order valence-electron chi connectivity index (χ2n) is 7.37. The normalized spacial score (nSPS) is 10.8. The molecule has 0 aliphatic carbocycles. The SMILES string of the molecule is Cc1ccc(Sc2c(C)nn(C(=O)c3ccccc3C(=O)c3ccccc3)c2C)cc1. The number of aryl methyl sites for hydroxylation is 2. The first-order valence-corrected chi connectivity index (χ1v) is 10.8. The summed E-state index contributed by atoms with van der Waals surface area (Å²) in [6.45, 7) is 5.83. The number of rotatable bonds is 5. The Labute approximate surface area is 185 Å². The van der Waals surface area contributed by atoms with Crippen LogP contribution in [-0.2, 0) is 0 Å². The zero-order valence-electron chi connectivity index (χ0n) is 17.6. The van der Waals surface area contributed by atoms with Crippen LogP contribution in [0, 0.1) is 20.8 Å². The molecule has 0 N–H and O–H groups in total. The summed E-state index contributed by atoms with van der Waals surface area (Å²) in [7, 11) is 0. The lowest BCUT2D eigenvalue weighted by atomic mass is 9.98. The maximum Gasteiger partial charge on any atom is 0.279 e. The van der Waals surface area contributed by atoms with Crippen molar-refractivity contribution >= 4 is 23.5 Å². The Morgan fingerprint density at radius 2 is 1.39 bits per heavy atom. The summed E-state index contributed by atoms with van der Waals surface area (Å²) in [5, 5.41) is 4.51. The van der Waals surface area contributed by atoms with Gasteiger partial charge in [-0.05, 0) is 39.0 Å². The van der Waals surface area contributed by atoms with Gasteiger partial charge >= 0.3 is 0 Å². The van der Waals surface area contributed by atoms with Crippen molar-refractivity contribution in [1.82, 2.24) is 9.78 Å². The van der Waals surface area contributed by atoms with Crippen molar-refractivity contribution in [3.8, 4) is 0 Å². The van der Waals surface area contributed by atoms with Crippen LogP contribution in [0.4, 0.5) is 0 Å². The van der Waals surface area contributed by atoms with Crippen LogP contribution in [0.1, 0.15) is 43.2 Å². The second-order valence-corrected chi connectivity index (χ2v) is 8.46. The first-order valence-electron chi connectivity index (χ1n) is 10.00. The van der Waals surface area contributed by atoms with Crippen molar-refractivity contribution in [3.63, 3.8) is 0 Å². The number of carbonyl (C=O) groups is 2. The van der Waals surface area contributed by atoms with E-state index >= 15 is 0 Å². The quantitative estimate of drug-likeness (QED) is 0.374. The molecule has 0 amide bonds. The van der Waals surface area contributed by atoms with Crippen LogP contribution in [-0.4, -0.2) is 21.5 Å². The lowest BCUT2D eigenvalue weighted by Crippen LogP contribution is -2.19. The third-order valence-electron chi connectivity index (χ3n) is 5.10. The molecular formula is C26H22N2O2S. The van der Waals surface area contributed by atoms with Gasteiger partial charge in [0.1, 0.15) is 0 Å².